The van der Waals surface area contributed by atoms with E-state index in [0.29, 0.717) is 12.2 Å². The molecule has 1 N–H and O–H groups in total. The minimum Gasteiger partial charge on any atom is -0.383 e. The monoisotopic (exact) mass is 238 g/mol. The van der Waals surface area contributed by atoms with Crippen LogP contribution in [0.2, 0.25) is 0 Å². The lowest BCUT2D eigenvalue weighted by Gasteiger charge is -2.15. The molecule has 0 spiro atoms. The topological polar surface area (TPSA) is 35.8 Å². The molecule has 0 aromatic heterocycles. The molecule has 2 nitrogen and oxygen atoms in total. The average molecular weight is 238 g/mol. The van der Waals surface area contributed by atoms with Crippen molar-refractivity contribution < 1.29 is 8.78 Å². The van der Waals surface area contributed by atoms with Crippen LogP contribution in [0, 0.1) is 28.4 Å². The van der Waals surface area contributed by atoms with Gasteiger partial charge in [0.15, 0.2) is 0 Å². The van der Waals surface area contributed by atoms with Crippen molar-refractivity contribution in [3.8, 4) is 6.07 Å². The van der Waals surface area contributed by atoms with Gasteiger partial charge in [0.1, 0.15) is 11.6 Å². The van der Waals surface area contributed by atoms with Crippen molar-refractivity contribution in [2.75, 3.05) is 11.9 Å². The smallest absolute Gasteiger partial charge is 0.149 e. The fourth-order valence-electron chi connectivity index (χ4n) is 1.44. The standard InChI is InChI=1S/C13H16F2N2/c1-13(2,9-16)6-3-7-17-12-5-4-10(14)8-11(12)15/h4-5,8,17H,3,6-7H2,1-2H3. The Bertz CT molecular complexity index is 422. The minimum atomic E-state index is -0.593. The molecule has 1 aromatic carbocycles. The van der Waals surface area contributed by atoms with Gasteiger partial charge in [-0.25, -0.2) is 8.78 Å². The van der Waals surface area contributed by atoms with Gasteiger partial charge in [-0.05, 0) is 38.8 Å². The van der Waals surface area contributed by atoms with Gasteiger partial charge in [-0.3, -0.25) is 0 Å². The van der Waals surface area contributed by atoms with Crippen LogP contribution in [0.25, 0.3) is 0 Å². The number of nitriles is 1. The molecule has 0 bridgehead atoms. The van der Waals surface area contributed by atoms with Crippen LogP contribution in [0.4, 0.5) is 14.5 Å². The highest BCUT2D eigenvalue weighted by Crippen LogP contribution is 2.21. The Morgan fingerprint density at radius 1 is 1.35 bits per heavy atom. The lowest BCUT2D eigenvalue weighted by Crippen LogP contribution is -2.11. The molecular weight excluding hydrogens is 222 g/mol. The summed E-state index contributed by atoms with van der Waals surface area (Å²) in [5, 5.41) is 11.7. The van der Waals surface area contributed by atoms with Crippen molar-refractivity contribution in [2.45, 2.75) is 26.7 Å². The molecular formula is C13H16F2N2. The Morgan fingerprint density at radius 3 is 2.65 bits per heavy atom. The summed E-state index contributed by atoms with van der Waals surface area (Å²) >= 11 is 0. The van der Waals surface area contributed by atoms with E-state index in [2.05, 4.69) is 11.4 Å². The van der Waals surface area contributed by atoms with Gasteiger partial charge in [-0.2, -0.15) is 5.26 Å². The molecule has 0 fully saturated rings. The summed E-state index contributed by atoms with van der Waals surface area (Å²) < 4.78 is 25.9. The maximum Gasteiger partial charge on any atom is 0.149 e. The van der Waals surface area contributed by atoms with E-state index < -0.39 is 11.6 Å². The highest BCUT2D eigenvalue weighted by molar-refractivity contribution is 5.44. The molecule has 4 heteroatoms. The molecule has 17 heavy (non-hydrogen) atoms. The van der Waals surface area contributed by atoms with Gasteiger partial charge >= 0.3 is 0 Å². The summed E-state index contributed by atoms with van der Waals surface area (Å²) in [6.07, 6.45) is 1.50. The van der Waals surface area contributed by atoms with E-state index in [9.17, 15) is 8.78 Å². The van der Waals surface area contributed by atoms with Gasteiger partial charge < -0.3 is 5.32 Å². The van der Waals surface area contributed by atoms with Gasteiger partial charge in [-0.1, -0.05) is 0 Å². The molecule has 0 aliphatic carbocycles. The highest BCUT2D eigenvalue weighted by atomic mass is 19.1. The van der Waals surface area contributed by atoms with Crippen molar-refractivity contribution >= 4 is 5.69 Å². The second-order valence-corrected chi connectivity index (χ2v) is 4.65. The molecule has 0 aliphatic heterocycles. The number of benzene rings is 1. The number of hydrogen-bond donors (Lipinski definition) is 1. The van der Waals surface area contributed by atoms with Crippen LogP contribution in [0.3, 0.4) is 0 Å². The Kier molecular flexibility index (Phi) is 4.45. The van der Waals surface area contributed by atoms with Gasteiger partial charge in [0.05, 0.1) is 17.2 Å². The van der Waals surface area contributed by atoms with Crippen molar-refractivity contribution in [3.63, 3.8) is 0 Å². The van der Waals surface area contributed by atoms with Crippen molar-refractivity contribution in [1.82, 2.24) is 0 Å². The Balaban J connectivity index is 2.39. The number of halogens is 2. The molecule has 0 atom stereocenters. The lowest BCUT2D eigenvalue weighted by molar-refractivity contribution is 0.441. The first-order chi connectivity index (χ1) is 7.94. The van der Waals surface area contributed by atoms with Gasteiger partial charge in [-0.15, -0.1) is 0 Å². The van der Waals surface area contributed by atoms with E-state index in [1.54, 1.807) is 0 Å². The highest BCUT2D eigenvalue weighted by Gasteiger charge is 2.15. The zero-order valence-electron chi connectivity index (χ0n) is 10.1. The summed E-state index contributed by atoms with van der Waals surface area (Å²) in [4.78, 5) is 0. The fraction of sp³-hybridized carbons (Fsp3) is 0.462. The van der Waals surface area contributed by atoms with Crippen molar-refractivity contribution in [3.05, 3.63) is 29.8 Å². The SMILES string of the molecule is CC(C)(C#N)CCCNc1ccc(F)cc1F. The molecule has 0 amide bonds. The first kappa shape index (κ1) is 13.4. The molecule has 1 rings (SSSR count). The maximum absolute atomic E-state index is 13.2. The third-order valence-electron chi connectivity index (χ3n) is 2.53. The molecule has 1 aromatic rings. The van der Waals surface area contributed by atoms with Crippen LogP contribution in [-0.4, -0.2) is 6.54 Å². The Morgan fingerprint density at radius 2 is 2.06 bits per heavy atom. The van der Waals surface area contributed by atoms with E-state index in [1.165, 1.54) is 12.1 Å². The minimum absolute atomic E-state index is 0.293. The van der Waals surface area contributed by atoms with Crippen LogP contribution in [0.5, 0.6) is 0 Å². The largest absolute Gasteiger partial charge is 0.383 e. The summed E-state index contributed by atoms with van der Waals surface area (Å²) in [5.41, 5.74) is -0.0654. The summed E-state index contributed by atoms with van der Waals surface area (Å²) in [6.45, 7) is 4.30. The zero-order chi connectivity index (χ0) is 12.9. The quantitative estimate of drug-likeness (QED) is 0.794. The van der Waals surface area contributed by atoms with Crippen LogP contribution >= 0.6 is 0 Å². The van der Waals surface area contributed by atoms with E-state index in [-0.39, 0.29) is 5.41 Å². The van der Waals surface area contributed by atoms with Gasteiger partial charge in [0, 0.05) is 12.6 Å². The number of anilines is 1. The third-order valence-corrected chi connectivity index (χ3v) is 2.53. The van der Waals surface area contributed by atoms with E-state index >= 15 is 0 Å². The first-order valence-electron chi connectivity index (χ1n) is 5.55. The summed E-state index contributed by atoms with van der Waals surface area (Å²) in [7, 11) is 0. The summed E-state index contributed by atoms with van der Waals surface area (Å²) in [5.74, 6) is -1.18. The maximum atomic E-state index is 13.2. The molecule has 0 heterocycles. The number of nitrogens with zero attached hydrogens (tertiary/aromatic N) is 1. The number of rotatable bonds is 5. The van der Waals surface area contributed by atoms with Gasteiger partial charge in [0.2, 0.25) is 0 Å². The summed E-state index contributed by atoms with van der Waals surface area (Å²) in [6, 6.07) is 5.64. The van der Waals surface area contributed by atoms with E-state index in [1.807, 2.05) is 13.8 Å². The molecule has 0 saturated heterocycles. The van der Waals surface area contributed by atoms with E-state index in [4.69, 9.17) is 5.26 Å². The number of nitrogens with one attached hydrogen (secondary N) is 1. The Labute approximate surface area is 100 Å². The zero-order valence-corrected chi connectivity index (χ0v) is 10.1. The van der Waals surface area contributed by atoms with Crippen molar-refractivity contribution in [1.29, 1.82) is 5.26 Å². The predicted molar refractivity (Wildman–Crippen MR) is 63.5 cm³/mol. The molecule has 0 aliphatic rings. The van der Waals surface area contributed by atoms with Crippen LogP contribution in [0.1, 0.15) is 26.7 Å². The number of hydrogen-bond acceptors (Lipinski definition) is 2. The molecule has 0 unspecified atom stereocenters. The second-order valence-electron chi connectivity index (χ2n) is 4.65. The van der Waals surface area contributed by atoms with Crippen LogP contribution < -0.4 is 5.32 Å². The van der Waals surface area contributed by atoms with Crippen LogP contribution in [-0.2, 0) is 0 Å². The molecule has 92 valence electrons. The fourth-order valence-corrected chi connectivity index (χ4v) is 1.44. The second kappa shape index (κ2) is 5.62. The predicted octanol–water partition coefficient (Wildman–Crippen LogP) is 3.71. The van der Waals surface area contributed by atoms with Gasteiger partial charge in [0.25, 0.3) is 0 Å². The molecule has 0 radical (unpaired) electrons. The normalized spacial score (nSPS) is 11.0. The Hall–Kier alpha value is -1.63. The van der Waals surface area contributed by atoms with Crippen LogP contribution in [0.15, 0.2) is 18.2 Å². The van der Waals surface area contributed by atoms with Crippen molar-refractivity contribution in [2.24, 2.45) is 5.41 Å². The average Bonchev–Trinajstić information content (AvgIpc) is 2.27. The third kappa shape index (κ3) is 4.39. The molecule has 0 saturated carbocycles. The lowest BCUT2D eigenvalue weighted by atomic mass is 9.90. The first-order valence-corrected chi connectivity index (χ1v) is 5.55. The van der Waals surface area contributed by atoms with E-state index in [0.717, 1.165) is 18.9 Å².